The number of hydrogen-bond donors (Lipinski definition) is 1. The molecule has 0 aliphatic rings. The summed E-state index contributed by atoms with van der Waals surface area (Å²) in [7, 11) is 1.76. The first-order chi connectivity index (χ1) is 10.1. The molecule has 0 unspecified atom stereocenters. The van der Waals surface area contributed by atoms with Gasteiger partial charge in [-0.15, -0.1) is 0 Å². The number of amides is 1. The molecule has 110 valence electrons. The monoisotopic (exact) mass is 303 g/mol. The van der Waals surface area contributed by atoms with Gasteiger partial charge in [-0.25, -0.2) is 4.98 Å². The Morgan fingerprint density at radius 1 is 1.33 bits per heavy atom. The number of rotatable bonds is 5. The van der Waals surface area contributed by atoms with E-state index in [2.05, 4.69) is 17.1 Å². The van der Waals surface area contributed by atoms with E-state index in [1.54, 1.807) is 18.0 Å². The molecule has 1 aromatic heterocycles. The van der Waals surface area contributed by atoms with Crippen molar-refractivity contribution >= 4 is 23.2 Å². The molecule has 0 bridgehead atoms. The van der Waals surface area contributed by atoms with Crippen molar-refractivity contribution < 1.29 is 4.79 Å². The third kappa shape index (κ3) is 4.20. The molecule has 0 spiro atoms. The van der Waals surface area contributed by atoms with Crippen LogP contribution in [0, 0.1) is 0 Å². The molecule has 4 nitrogen and oxygen atoms in total. The van der Waals surface area contributed by atoms with Crippen LogP contribution in [0.25, 0.3) is 0 Å². The van der Waals surface area contributed by atoms with Crippen LogP contribution in [0.15, 0.2) is 42.6 Å². The number of halogens is 1. The fourth-order valence-electron chi connectivity index (χ4n) is 2.09. The highest BCUT2D eigenvalue weighted by Crippen LogP contribution is 2.17. The SMILES string of the molecule is CN(CCCc1ccccc1)C(=O)c1cc(N)cnc1Cl. The number of carbonyl (C=O) groups excluding carboxylic acids is 1. The minimum Gasteiger partial charge on any atom is -0.397 e. The highest BCUT2D eigenvalue weighted by molar-refractivity contribution is 6.32. The predicted octanol–water partition coefficient (Wildman–Crippen LogP) is 3.02. The summed E-state index contributed by atoms with van der Waals surface area (Å²) in [6, 6.07) is 11.8. The Morgan fingerprint density at radius 2 is 2.05 bits per heavy atom. The first-order valence-corrected chi connectivity index (χ1v) is 7.16. The molecule has 2 N–H and O–H groups in total. The van der Waals surface area contributed by atoms with Gasteiger partial charge in [0.15, 0.2) is 0 Å². The van der Waals surface area contributed by atoms with Crippen LogP contribution in [0.5, 0.6) is 0 Å². The molecule has 21 heavy (non-hydrogen) atoms. The molecule has 1 amide bonds. The van der Waals surface area contributed by atoms with Crippen LogP contribution in [0.3, 0.4) is 0 Å². The summed E-state index contributed by atoms with van der Waals surface area (Å²) in [4.78, 5) is 17.9. The summed E-state index contributed by atoms with van der Waals surface area (Å²) in [5.74, 6) is -0.159. The maximum absolute atomic E-state index is 12.3. The van der Waals surface area contributed by atoms with Crippen LogP contribution in [0.2, 0.25) is 5.15 Å². The summed E-state index contributed by atoms with van der Waals surface area (Å²) >= 11 is 5.95. The van der Waals surface area contributed by atoms with E-state index in [0.29, 0.717) is 17.8 Å². The van der Waals surface area contributed by atoms with Crippen LogP contribution in [0.4, 0.5) is 5.69 Å². The van der Waals surface area contributed by atoms with Gasteiger partial charge in [0.1, 0.15) is 5.15 Å². The number of benzene rings is 1. The van der Waals surface area contributed by atoms with Gasteiger partial charge < -0.3 is 10.6 Å². The zero-order chi connectivity index (χ0) is 15.2. The molecule has 2 rings (SSSR count). The molecule has 0 fully saturated rings. The van der Waals surface area contributed by atoms with Gasteiger partial charge in [0.05, 0.1) is 17.4 Å². The standard InChI is InChI=1S/C16H18ClN3O/c1-20(9-5-8-12-6-3-2-4-7-12)16(21)14-10-13(18)11-19-15(14)17/h2-4,6-7,10-11H,5,8-9,18H2,1H3. The van der Waals surface area contributed by atoms with Gasteiger partial charge in [-0.1, -0.05) is 41.9 Å². The fourth-order valence-corrected chi connectivity index (χ4v) is 2.27. The van der Waals surface area contributed by atoms with Crippen molar-refractivity contribution in [3.8, 4) is 0 Å². The summed E-state index contributed by atoms with van der Waals surface area (Å²) in [5.41, 5.74) is 7.69. The van der Waals surface area contributed by atoms with Gasteiger partial charge in [0.25, 0.3) is 5.91 Å². The lowest BCUT2D eigenvalue weighted by atomic mass is 10.1. The van der Waals surface area contributed by atoms with Crippen LogP contribution in [-0.2, 0) is 6.42 Å². The minimum atomic E-state index is -0.159. The molecule has 0 saturated heterocycles. The largest absolute Gasteiger partial charge is 0.397 e. The molecule has 0 aliphatic heterocycles. The highest BCUT2D eigenvalue weighted by Gasteiger charge is 2.16. The average molecular weight is 304 g/mol. The maximum atomic E-state index is 12.3. The van der Waals surface area contributed by atoms with E-state index >= 15 is 0 Å². The quantitative estimate of drug-likeness (QED) is 0.864. The third-order valence-electron chi connectivity index (χ3n) is 3.24. The third-order valence-corrected chi connectivity index (χ3v) is 3.54. The number of nitrogens with two attached hydrogens (primary N) is 1. The van der Waals surface area contributed by atoms with Crippen molar-refractivity contribution in [2.24, 2.45) is 0 Å². The van der Waals surface area contributed by atoms with E-state index in [1.165, 1.54) is 11.8 Å². The Balaban J connectivity index is 1.92. The number of aromatic nitrogens is 1. The first-order valence-electron chi connectivity index (χ1n) is 6.78. The van der Waals surface area contributed by atoms with E-state index in [1.807, 2.05) is 18.2 Å². The van der Waals surface area contributed by atoms with E-state index in [4.69, 9.17) is 17.3 Å². The number of hydrogen-bond acceptors (Lipinski definition) is 3. The Labute approximate surface area is 129 Å². The van der Waals surface area contributed by atoms with Crippen LogP contribution in [0.1, 0.15) is 22.3 Å². The number of nitrogens with zero attached hydrogens (tertiary/aromatic N) is 2. The number of aryl methyl sites for hydroxylation is 1. The maximum Gasteiger partial charge on any atom is 0.256 e. The van der Waals surface area contributed by atoms with Crippen molar-refractivity contribution in [2.75, 3.05) is 19.3 Å². The van der Waals surface area contributed by atoms with Crippen molar-refractivity contribution in [1.29, 1.82) is 0 Å². The second-order valence-electron chi connectivity index (χ2n) is 4.92. The minimum absolute atomic E-state index is 0.159. The number of carbonyl (C=O) groups is 1. The molecule has 5 heteroatoms. The fraction of sp³-hybridized carbons (Fsp3) is 0.250. The smallest absolute Gasteiger partial charge is 0.256 e. The second-order valence-corrected chi connectivity index (χ2v) is 5.28. The number of pyridine rings is 1. The number of nitrogen functional groups attached to an aromatic ring is 1. The van der Waals surface area contributed by atoms with E-state index in [-0.39, 0.29) is 11.1 Å². The molecule has 0 aliphatic carbocycles. The summed E-state index contributed by atoms with van der Waals surface area (Å²) < 4.78 is 0. The van der Waals surface area contributed by atoms with Gasteiger partial charge in [0, 0.05) is 13.6 Å². The van der Waals surface area contributed by atoms with E-state index < -0.39 is 0 Å². The predicted molar refractivity (Wildman–Crippen MR) is 85.4 cm³/mol. The molecule has 1 aromatic carbocycles. The lowest BCUT2D eigenvalue weighted by molar-refractivity contribution is 0.0793. The summed E-state index contributed by atoms with van der Waals surface area (Å²) in [6.45, 7) is 0.652. The topological polar surface area (TPSA) is 59.2 Å². The second kappa shape index (κ2) is 7.09. The van der Waals surface area contributed by atoms with Crippen LogP contribution < -0.4 is 5.73 Å². The van der Waals surface area contributed by atoms with Gasteiger partial charge in [-0.2, -0.15) is 0 Å². The summed E-state index contributed by atoms with van der Waals surface area (Å²) in [5, 5.41) is 0.184. The molecule has 0 atom stereocenters. The lowest BCUT2D eigenvalue weighted by Gasteiger charge is -2.17. The Bertz CT molecular complexity index is 616. The Hall–Kier alpha value is -2.07. The van der Waals surface area contributed by atoms with Crippen LogP contribution >= 0.6 is 11.6 Å². The van der Waals surface area contributed by atoms with E-state index in [9.17, 15) is 4.79 Å². The van der Waals surface area contributed by atoms with Gasteiger partial charge in [-0.3, -0.25) is 4.79 Å². The first kappa shape index (κ1) is 15.3. The molecule has 0 radical (unpaired) electrons. The van der Waals surface area contributed by atoms with Crippen molar-refractivity contribution in [1.82, 2.24) is 9.88 Å². The molecule has 1 heterocycles. The highest BCUT2D eigenvalue weighted by atomic mass is 35.5. The van der Waals surface area contributed by atoms with E-state index in [0.717, 1.165) is 12.8 Å². The van der Waals surface area contributed by atoms with Gasteiger partial charge in [-0.05, 0) is 24.5 Å². The van der Waals surface area contributed by atoms with Gasteiger partial charge in [0.2, 0.25) is 0 Å². The number of anilines is 1. The van der Waals surface area contributed by atoms with Gasteiger partial charge >= 0.3 is 0 Å². The normalized spacial score (nSPS) is 10.4. The van der Waals surface area contributed by atoms with Crippen molar-refractivity contribution in [3.63, 3.8) is 0 Å². The van der Waals surface area contributed by atoms with Crippen molar-refractivity contribution in [3.05, 3.63) is 58.9 Å². The zero-order valence-corrected chi connectivity index (χ0v) is 12.7. The van der Waals surface area contributed by atoms with Crippen molar-refractivity contribution in [2.45, 2.75) is 12.8 Å². The summed E-state index contributed by atoms with van der Waals surface area (Å²) in [6.07, 6.45) is 3.26. The molecular weight excluding hydrogens is 286 g/mol. The molecule has 2 aromatic rings. The van der Waals surface area contributed by atoms with Crippen LogP contribution in [-0.4, -0.2) is 29.4 Å². The Morgan fingerprint density at radius 3 is 2.76 bits per heavy atom. The lowest BCUT2D eigenvalue weighted by Crippen LogP contribution is -2.28. The Kier molecular flexibility index (Phi) is 5.17. The average Bonchev–Trinajstić information content (AvgIpc) is 2.50. The zero-order valence-electron chi connectivity index (χ0n) is 11.9. The molecule has 0 saturated carbocycles. The molecular formula is C16H18ClN3O.